The maximum Gasteiger partial charge on any atom is 0.224 e. The van der Waals surface area contributed by atoms with E-state index in [1.165, 1.54) is 10.4 Å². The Labute approximate surface area is 185 Å². The van der Waals surface area contributed by atoms with Gasteiger partial charge in [-0.3, -0.25) is 9.79 Å². The molecule has 0 saturated carbocycles. The van der Waals surface area contributed by atoms with E-state index in [4.69, 9.17) is 0 Å². The van der Waals surface area contributed by atoms with Crippen LogP contribution in [0.25, 0.3) is 0 Å². The topological polar surface area (TPSA) is 69.6 Å². The number of nitrogens with zero attached hydrogens (tertiary/aromatic N) is 3. The minimum atomic E-state index is 0. The van der Waals surface area contributed by atoms with E-state index in [1.807, 2.05) is 11.8 Å². The van der Waals surface area contributed by atoms with Crippen molar-refractivity contribution >= 4 is 58.5 Å². The maximum atomic E-state index is 12.4. The summed E-state index contributed by atoms with van der Waals surface area (Å²) in [5.41, 5.74) is 2.40. The Morgan fingerprint density at radius 2 is 2.15 bits per heavy atom. The van der Waals surface area contributed by atoms with Crippen molar-refractivity contribution in [3.05, 3.63) is 38.0 Å². The van der Waals surface area contributed by atoms with Crippen molar-refractivity contribution in [3.8, 4) is 0 Å². The van der Waals surface area contributed by atoms with Gasteiger partial charge in [-0.2, -0.15) is 0 Å². The van der Waals surface area contributed by atoms with Crippen molar-refractivity contribution < 1.29 is 4.79 Å². The van der Waals surface area contributed by atoms with Crippen LogP contribution in [0.4, 0.5) is 0 Å². The van der Waals surface area contributed by atoms with E-state index in [-0.39, 0.29) is 29.9 Å². The molecule has 0 aromatic carbocycles. The molecule has 2 aromatic heterocycles. The molecule has 1 aliphatic heterocycles. The number of carbonyl (C=O) groups is 1. The number of hydrogen-bond acceptors (Lipinski definition) is 5. The SMILES string of the molecule is CN=C(NCCC(=O)N1CCc2sccc2C1)NCCc1csc(C)n1.I. The van der Waals surface area contributed by atoms with Crippen molar-refractivity contribution in [1.82, 2.24) is 20.5 Å². The normalized spacial score (nSPS) is 13.7. The van der Waals surface area contributed by atoms with Gasteiger partial charge in [0.2, 0.25) is 5.91 Å². The summed E-state index contributed by atoms with van der Waals surface area (Å²) >= 11 is 3.46. The summed E-state index contributed by atoms with van der Waals surface area (Å²) < 4.78 is 0. The second-order valence-corrected chi connectivity index (χ2v) is 8.28. The zero-order valence-electron chi connectivity index (χ0n) is 15.7. The highest BCUT2D eigenvalue weighted by molar-refractivity contribution is 14.0. The predicted molar refractivity (Wildman–Crippen MR) is 123 cm³/mol. The first-order valence-corrected chi connectivity index (χ1v) is 10.6. The minimum Gasteiger partial charge on any atom is -0.356 e. The number of thiophene rings is 1. The molecule has 0 unspecified atom stereocenters. The second-order valence-electron chi connectivity index (χ2n) is 6.22. The molecular weight excluding hydrogens is 493 g/mol. The third kappa shape index (κ3) is 6.42. The third-order valence-corrected chi connectivity index (χ3v) is 6.20. The molecule has 0 bridgehead atoms. The lowest BCUT2D eigenvalue weighted by atomic mass is 10.1. The van der Waals surface area contributed by atoms with Gasteiger partial charge in [-0.25, -0.2) is 4.98 Å². The number of guanidine groups is 1. The van der Waals surface area contributed by atoms with E-state index in [9.17, 15) is 4.79 Å². The lowest BCUT2D eigenvalue weighted by Gasteiger charge is -2.27. The monoisotopic (exact) mass is 519 g/mol. The van der Waals surface area contributed by atoms with Crippen LogP contribution in [0.5, 0.6) is 0 Å². The second kappa shape index (κ2) is 11.0. The molecule has 0 aliphatic carbocycles. The Kier molecular flexibility index (Phi) is 8.97. The minimum absolute atomic E-state index is 0. The summed E-state index contributed by atoms with van der Waals surface area (Å²) in [5, 5.41) is 11.8. The molecule has 0 atom stereocenters. The average Bonchev–Trinajstić information content (AvgIpc) is 3.28. The number of hydrogen-bond donors (Lipinski definition) is 2. The first-order valence-electron chi connectivity index (χ1n) is 8.84. The van der Waals surface area contributed by atoms with Crippen molar-refractivity contribution in [2.24, 2.45) is 4.99 Å². The van der Waals surface area contributed by atoms with Crippen molar-refractivity contribution in [1.29, 1.82) is 0 Å². The fourth-order valence-corrected chi connectivity index (χ4v) is 4.50. The maximum absolute atomic E-state index is 12.4. The van der Waals surface area contributed by atoms with Crippen LogP contribution in [0.1, 0.15) is 27.6 Å². The van der Waals surface area contributed by atoms with Gasteiger partial charge in [0.1, 0.15) is 0 Å². The number of aromatic nitrogens is 1. The molecule has 1 amide bonds. The summed E-state index contributed by atoms with van der Waals surface area (Å²) in [6.07, 6.45) is 2.32. The van der Waals surface area contributed by atoms with Crippen LogP contribution in [0.2, 0.25) is 0 Å². The number of aryl methyl sites for hydroxylation is 1. The molecule has 0 fully saturated rings. The zero-order chi connectivity index (χ0) is 18.4. The molecular formula is C18H26IN5OS2. The summed E-state index contributed by atoms with van der Waals surface area (Å²) in [5.74, 6) is 0.922. The molecule has 1 aliphatic rings. The molecule has 0 radical (unpaired) electrons. The standard InChI is InChI=1S/C18H25N5OS2.HI/c1-13-22-15(12-26-13)3-7-20-18(19-2)21-8-4-17(24)23-9-5-16-14(11-23)6-10-25-16;/h6,10,12H,3-5,7-9,11H2,1-2H3,(H2,19,20,21);1H. The average molecular weight is 519 g/mol. The molecule has 3 rings (SSSR count). The molecule has 148 valence electrons. The van der Waals surface area contributed by atoms with E-state index < -0.39 is 0 Å². The lowest BCUT2D eigenvalue weighted by molar-refractivity contribution is -0.131. The number of halogens is 1. The van der Waals surface area contributed by atoms with Crippen LogP contribution in [-0.4, -0.2) is 48.4 Å². The molecule has 0 saturated heterocycles. The number of carbonyl (C=O) groups excluding carboxylic acids is 1. The van der Waals surface area contributed by atoms with Gasteiger partial charge in [0.05, 0.1) is 10.7 Å². The Bertz CT molecular complexity index is 773. The number of aliphatic imine (C=N–C) groups is 1. The van der Waals surface area contributed by atoms with Gasteiger partial charge in [-0.05, 0) is 30.4 Å². The predicted octanol–water partition coefficient (Wildman–Crippen LogP) is 2.81. The molecule has 0 spiro atoms. The van der Waals surface area contributed by atoms with Crippen molar-refractivity contribution in [2.45, 2.75) is 32.7 Å². The molecule has 6 nitrogen and oxygen atoms in total. The van der Waals surface area contributed by atoms with Crippen molar-refractivity contribution in [3.63, 3.8) is 0 Å². The van der Waals surface area contributed by atoms with Gasteiger partial charge in [-0.1, -0.05) is 0 Å². The van der Waals surface area contributed by atoms with E-state index in [0.717, 1.165) is 49.1 Å². The molecule has 9 heteroatoms. The first kappa shape index (κ1) is 22.1. The molecule has 2 N–H and O–H groups in total. The van der Waals surface area contributed by atoms with Crippen LogP contribution in [0.15, 0.2) is 21.8 Å². The number of rotatable bonds is 6. The molecule has 3 heterocycles. The molecule has 27 heavy (non-hydrogen) atoms. The van der Waals surface area contributed by atoms with Gasteiger partial charge in [0.15, 0.2) is 5.96 Å². The fourth-order valence-electron chi connectivity index (χ4n) is 2.96. The van der Waals surface area contributed by atoms with E-state index in [0.29, 0.717) is 13.0 Å². The van der Waals surface area contributed by atoms with Crippen LogP contribution >= 0.6 is 46.7 Å². The summed E-state index contributed by atoms with van der Waals surface area (Å²) in [6.45, 7) is 4.94. The fraction of sp³-hybridized carbons (Fsp3) is 0.500. The Morgan fingerprint density at radius 1 is 1.33 bits per heavy atom. The zero-order valence-corrected chi connectivity index (χ0v) is 19.6. The Balaban J connectivity index is 0.00000261. The van der Waals surface area contributed by atoms with E-state index in [2.05, 4.69) is 37.4 Å². The lowest BCUT2D eigenvalue weighted by Crippen LogP contribution is -2.41. The van der Waals surface area contributed by atoms with Crippen LogP contribution in [0.3, 0.4) is 0 Å². The quantitative estimate of drug-likeness (QED) is 0.350. The summed E-state index contributed by atoms with van der Waals surface area (Å²) in [7, 11) is 1.74. The summed E-state index contributed by atoms with van der Waals surface area (Å²) in [6, 6.07) is 2.13. The number of fused-ring (bicyclic) bond motifs is 1. The summed E-state index contributed by atoms with van der Waals surface area (Å²) in [4.78, 5) is 24.5. The highest BCUT2D eigenvalue weighted by Gasteiger charge is 2.20. The van der Waals surface area contributed by atoms with Gasteiger partial charge >= 0.3 is 0 Å². The van der Waals surface area contributed by atoms with Gasteiger partial charge < -0.3 is 15.5 Å². The van der Waals surface area contributed by atoms with E-state index >= 15 is 0 Å². The highest BCUT2D eigenvalue weighted by Crippen LogP contribution is 2.24. The Morgan fingerprint density at radius 3 is 2.89 bits per heavy atom. The van der Waals surface area contributed by atoms with Crippen LogP contribution < -0.4 is 10.6 Å². The largest absolute Gasteiger partial charge is 0.356 e. The van der Waals surface area contributed by atoms with Gasteiger partial charge in [0.25, 0.3) is 0 Å². The smallest absolute Gasteiger partial charge is 0.224 e. The first-order chi connectivity index (χ1) is 12.7. The number of amides is 1. The number of thiazole rings is 1. The third-order valence-electron chi connectivity index (χ3n) is 4.36. The van der Waals surface area contributed by atoms with E-state index in [1.54, 1.807) is 29.7 Å². The Hall–Kier alpha value is -1.20. The number of nitrogens with one attached hydrogen (secondary N) is 2. The van der Waals surface area contributed by atoms with Crippen LogP contribution in [-0.2, 0) is 24.2 Å². The molecule has 2 aromatic rings. The van der Waals surface area contributed by atoms with Crippen molar-refractivity contribution in [2.75, 3.05) is 26.7 Å². The van der Waals surface area contributed by atoms with Gasteiger partial charge in [0, 0.05) is 56.3 Å². The van der Waals surface area contributed by atoms with Gasteiger partial charge in [-0.15, -0.1) is 46.7 Å². The highest BCUT2D eigenvalue weighted by atomic mass is 127. The van der Waals surface area contributed by atoms with Crippen LogP contribution in [0, 0.1) is 6.92 Å².